The number of aromatic nitrogens is 2. The van der Waals surface area contributed by atoms with Crippen LogP contribution in [0, 0.1) is 11.6 Å². The molecular formula is C20H18F2N4O5S. The number of rotatable bonds is 4. The number of sulfonamides is 1. The van der Waals surface area contributed by atoms with E-state index < -0.39 is 44.6 Å². The molecular weight excluding hydrogens is 446 g/mol. The molecule has 0 radical (unpaired) electrons. The summed E-state index contributed by atoms with van der Waals surface area (Å²) in [7, 11) is -2.86. The van der Waals surface area contributed by atoms with Crippen LogP contribution in [0.1, 0.15) is 11.1 Å². The van der Waals surface area contributed by atoms with E-state index in [0.29, 0.717) is 41.1 Å². The number of ether oxygens (including phenoxy) is 2. The van der Waals surface area contributed by atoms with E-state index in [4.69, 9.17) is 14.6 Å². The van der Waals surface area contributed by atoms with Gasteiger partial charge in [0, 0.05) is 23.2 Å². The highest BCUT2D eigenvalue weighted by Crippen LogP contribution is 2.33. The largest absolute Gasteiger partial charge is 0.481 e. The monoisotopic (exact) mass is 464 g/mol. The number of hydrogen-bond donors (Lipinski definition) is 1. The Morgan fingerprint density at radius 3 is 2.62 bits per heavy atom. The summed E-state index contributed by atoms with van der Waals surface area (Å²) in [6.45, 7) is -0.552. The normalized spacial score (nSPS) is 14.8. The molecule has 2 aromatic heterocycles. The van der Waals surface area contributed by atoms with Crippen molar-refractivity contribution in [3.63, 3.8) is 0 Å². The first-order valence-electron chi connectivity index (χ1n) is 9.40. The number of carbonyl (C=O) groups excluding carboxylic acids is 1. The van der Waals surface area contributed by atoms with Crippen molar-refractivity contribution >= 4 is 32.7 Å². The number of pyridine rings is 2. The van der Waals surface area contributed by atoms with Gasteiger partial charge in [0.1, 0.15) is 18.2 Å². The molecule has 0 aliphatic carbocycles. The van der Waals surface area contributed by atoms with Crippen molar-refractivity contribution in [2.45, 2.75) is 17.9 Å². The fourth-order valence-corrected chi connectivity index (χ4v) is 4.00. The number of nitrogens with two attached hydrogens (primary N) is 1. The summed E-state index contributed by atoms with van der Waals surface area (Å²) in [5.41, 5.74) is 0.809. The molecule has 1 amide bonds. The molecule has 1 aliphatic rings. The molecule has 3 heterocycles. The van der Waals surface area contributed by atoms with Gasteiger partial charge in [-0.3, -0.25) is 4.79 Å². The molecule has 2 N–H and O–H groups in total. The Morgan fingerprint density at radius 1 is 1.25 bits per heavy atom. The molecule has 0 atom stereocenters. The first-order chi connectivity index (χ1) is 15.2. The molecule has 4 rings (SSSR count). The van der Waals surface area contributed by atoms with Crippen LogP contribution in [0.25, 0.3) is 11.0 Å². The summed E-state index contributed by atoms with van der Waals surface area (Å²) < 4.78 is 62.9. The van der Waals surface area contributed by atoms with Crippen LogP contribution in [0.2, 0.25) is 0 Å². The summed E-state index contributed by atoms with van der Waals surface area (Å²) in [4.78, 5) is 22.0. The first kappa shape index (κ1) is 22.0. The van der Waals surface area contributed by atoms with Crippen LogP contribution in [-0.4, -0.2) is 44.6 Å². The summed E-state index contributed by atoms with van der Waals surface area (Å²) in [5, 5.41) is 5.46. The lowest BCUT2D eigenvalue weighted by Gasteiger charge is -2.29. The second-order valence-corrected chi connectivity index (χ2v) is 8.61. The molecule has 0 fully saturated rings. The lowest BCUT2D eigenvalue weighted by Crippen LogP contribution is -2.37. The Morgan fingerprint density at radius 2 is 1.97 bits per heavy atom. The standard InChI is InChI=1S/C20H18F2N4O5S/c1-30-17-3-2-13-19-11(8-24-20(13)25-17)4-5-31-10-18(27)26(19)9-14-15(21)6-12(7-16(14)22)32(23,28)29/h2-3,6-8H,4-5,9-10H2,1H3,(H2,23,28,29). The Bertz CT molecular complexity index is 1310. The second-order valence-electron chi connectivity index (χ2n) is 7.05. The zero-order valence-electron chi connectivity index (χ0n) is 16.8. The number of hydrogen-bond acceptors (Lipinski definition) is 7. The van der Waals surface area contributed by atoms with E-state index in [1.165, 1.54) is 18.2 Å². The van der Waals surface area contributed by atoms with Gasteiger partial charge in [0.2, 0.25) is 15.9 Å². The highest BCUT2D eigenvalue weighted by atomic mass is 32.2. The summed E-state index contributed by atoms with van der Waals surface area (Å²) >= 11 is 0. The van der Waals surface area contributed by atoms with Crippen LogP contribution in [0.4, 0.5) is 14.5 Å². The van der Waals surface area contributed by atoms with Gasteiger partial charge in [0.15, 0.2) is 5.65 Å². The molecule has 3 aromatic rings. The van der Waals surface area contributed by atoms with Crippen molar-refractivity contribution in [1.29, 1.82) is 0 Å². The van der Waals surface area contributed by atoms with Crippen molar-refractivity contribution in [1.82, 2.24) is 9.97 Å². The maximum Gasteiger partial charge on any atom is 0.253 e. The number of halogens is 2. The SMILES string of the molecule is COc1ccc2c3c(cnc2n1)CCOCC(=O)N3Cc1c(F)cc(S(N)(=O)=O)cc1F. The number of amides is 1. The van der Waals surface area contributed by atoms with Gasteiger partial charge >= 0.3 is 0 Å². The van der Waals surface area contributed by atoms with Gasteiger partial charge < -0.3 is 14.4 Å². The molecule has 168 valence electrons. The van der Waals surface area contributed by atoms with E-state index in [0.717, 1.165) is 0 Å². The van der Waals surface area contributed by atoms with Crippen molar-refractivity contribution in [3.05, 3.63) is 53.2 Å². The van der Waals surface area contributed by atoms with Crippen LogP contribution in [-0.2, 0) is 32.5 Å². The molecule has 0 saturated carbocycles. The van der Waals surface area contributed by atoms with Gasteiger partial charge in [0.25, 0.3) is 5.91 Å². The van der Waals surface area contributed by atoms with Crippen LogP contribution < -0.4 is 14.8 Å². The summed E-state index contributed by atoms with van der Waals surface area (Å²) in [6, 6.07) is 4.49. The molecule has 12 heteroatoms. The number of carbonyl (C=O) groups is 1. The van der Waals surface area contributed by atoms with E-state index in [9.17, 15) is 22.0 Å². The third-order valence-corrected chi connectivity index (χ3v) is 5.92. The van der Waals surface area contributed by atoms with Gasteiger partial charge in [0.05, 0.1) is 30.8 Å². The van der Waals surface area contributed by atoms with E-state index >= 15 is 0 Å². The zero-order chi connectivity index (χ0) is 23.0. The zero-order valence-corrected chi connectivity index (χ0v) is 17.7. The maximum atomic E-state index is 14.7. The number of anilines is 1. The number of benzene rings is 1. The number of fused-ring (bicyclic) bond motifs is 3. The number of primary sulfonamides is 1. The van der Waals surface area contributed by atoms with Gasteiger partial charge in [-0.15, -0.1) is 0 Å². The lowest BCUT2D eigenvalue weighted by molar-refractivity contribution is -0.123. The number of methoxy groups -OCH3 is 1. The van der Waals surface area contributed by atoms with Crippen LogP contribution >= 0.6 is 0 Å². The lowest BCUT2D eigenvalue weighted by atomic mass is 10.1. The van der Waals surface area contributed by atoms with E-state index in [1.807, 2.05) is 0 Å². The fourth-order valence-electron chi connectivity index (χ4n) is 3.47. The van der Waals surface area contributed by atoms with Gasteiger partial charge in [-0.25, -0.2) is 27.3 Å². The minimum atomic E-state index is -4.31. The van der Waals surface area contributed by atoms with Crippen molar-refractivity contribution < 1.29 is 31.5 Å². The molecule has 9 nitrogen and oxygen atoms in total. The minimum Gasteiger partial charge on any atom is -0.481 e. The molecule has 0 saturated heterocycles. The Kier molecular flexibility index (Phi) is 5.75. The first-order valence-corrected chi connectivity index (χ1v) is 10.9. The molecule has 1 aliphatic heterocycles. The van der Waals surface area contributed by atoms with Crippen molar-refractivity contribution in [2.24, 2.45) is 5.14 Å². The quantitative estimate of drug-likeness (QED) is 0.623. The third kappa shape index (κ3) is 4.11. The smallest absolute Gasteiger partial charge is 0.253 e. The average molecular weight is 464 g/mol. The Hall–Kier alpha value is -3.22. The van der Waals surface area contributed by atoms with Gasteiger partial charge in [-0.2, -0.15) is 4.98 Å². The molecule has 0 spiro atoms. The molecule has 32 heavy (non-hydrogen) atoms. The topological polar surface area (TPSA) is 125 Å². The van der Waals surface area contributed by atoms with Crippen LogP contribution in [0.3, 0.4) is 0 Å². The highest BCUT2D eigenvalue weighted by molar-refractivity contribution is 7.89. The minimum absolute atomic E-state index is 0.259. The predicted octanol–water partition coefficient (Wildman–Crippen LogP) is 1.67. The van der Waals surface area contributed by atoms with E-state index in [1.54, 1.807) is 12.1 Å². The number of nitrogens with zero attached hydrogens (tertiary/aromatic N) is 3. The fraction of sp³-hybridized carbons (Fsp3) is 0.250. The molecule has 1 aromatic carbocycles. The van der Waals surface area contributed by atoms with Crippen molar-refractivity contribution in [3.8, 4) is 5.88 Å². The second kappa shape index (κ2) is 8.37. The highest BCUT2D eigenvalue weighted by Gasteiger charge is 2.28. The Balaban J connectivity index is 1.88. The van der Waals surface area contributed by atoms with Crippen LogP contribution in [0.15, 0.2) is 35.4 Å². The van der Waals surface area contributed by atoms with Crippen LogP contribution in [0.5, 0.6) is 5.88 Å². The van der Waals surface area contributed by atoms with E-state index in [2.05, 4.69) is 9.97 Å². The Labute approximate surface area is 181 Å². The molecule has 0 unspecified atom stereocenters. The molecule has 0 bridgehead atoms. The van der Waals surface area contributed by atoms with E-state index in [-0.39, 0.29) is 18.9 Å². The maximum absolute atomic E-state index is 14.7. The summed E-state index contributed by atoms with van der Waals surface area (Å²) in [5.74, 6) is -2.52. The van der Waals surface area contributed by atoms with Crippen molar-refractivity contribution in [2.75, 3.05) is 25.2 Å². The predicted molar refractivity (Wildman–Crippen MR) is 110 cm³/mol. The average Bonchev–Trinajstić information content (AvgIpc) is 2.74. The van der Waals surface area contributed by atoms with Gasteiger partial charge in [-0.05, 0) is 30.2 Å². The van der Waals surface area contributed by atoms with Gasteiger partial charge in [-0.1, -0.05) is 0 Å². The summed E-state index contributed by atoms with van der Waals surface area (Å²) in [6.07, 6.45) is 1.93. The third-order valence-electron chi connectivity index (χ3n) is 5.03.